The number of benzene rings is 1. The summed E-state index contributed by atoms with van der Waals surface area (Å²) in [6, 6.07) is 7.66. The van der Waals surface area contributed by atoms with Gasteiger partial charge in [-0.2, -0.15) is 0 Å². The minimum atomic E-state index is -0.124. The Bertz CT molecular complexity index is 713. The molecule has 1 N–H and O–H groups in total. The van der Waals surface area contributed by atoms with Crippen molar-refractivity contribution in [2.45, 2.75) is 26.8 Å². The van der Waals surface area contributed by atoms with Crippen LogP contribution in [0, 0.1) is 11.8 Å². The summed E-state index contributed by atoms with van der Waals surface area (Å²) in [6.45, 7) is 6.57. The number of anilines is 1. The number of urea groups is 1. The second-order valence-electron chi connectivity index (χ2n) is 6.73. The fourth-order valence-electron chi connectivity index (χ4n) is 2.97. The standard InChI is InChI=1S/C18H25N5O2/c1-13-8-9-22(10-14(13)2)18(24)20-17-19-12-23(21-17)11-15-4-6-16(25-3)7-5-15/h4-7,12-14H,8-11H2,1-3H3,(H,20,21,24)/t13-,14+/m0/s1. The Kier molecular flexibility index (Phi) is 5.21. The normalized spacial score (nSPS) is 20.4. The van der Waals surface area contributed by atoms with Gasteiger partial charge in [0.1, 0.15) is 12.1 Å². The molecule has 25 heavy (non-hydrogen) atoms. The zero-order valence-electron chi connectivity index (χ0n) is 15.0. The third kappa shape index (κ3) is 4.29. The molecule has 2 aromatic rings. The number of nitrogens with zero attached hydrogens (tertiary/aromatic N) is 4. The minimum absolute atomic E-state index is 0.124. The molecular weight excluding hydrogens is 318 g/mol. The average Bonchev–Trinajstić information content (AvgIpc) is 3.04. The summed E-state index contributed by atoms with van der Waals surface area (Å²) < 4.78 is 6.86. The predicted octanol–water partition coefficient (Wildman–Crippen LogP) is 2.84. The molecule has 0 aliphatic carbocycles. The average molecular weight is 343 g/mol. The van der Waals surface area contributed by atoms with Gasteiger partial charge in [-0.25, -0.2) is 14.5 Å². The van der Waals surface area contributed by atoms with E-state index in [-0.39, 0.29) is 6.03 Å². The molecule has 7 nitrogen and oxygen atoms in total. The lowest BCUT2D eigenvalue weighted by molar-refractivity contribution is 0.154. The highest BCUT2D eigenvalue weighted by molar-refractivity contribution is 5.87. The summed E-state index contributed by atoms with van der Waals surface area (Å²) in [5, 5.41) is 7.13. The van der Waals surface area contributed by atoms with E-state index in [2.05, 4.69) is 29.2 Å². The lowest BCUT2D eigenvalue weighted by atomic mass is 9.89. The van der Waals surface area contributed by atoms with E-state index in [0.717, 1.165) is 30.8 Å². The molecule has 1 saturated heterocycles. The molecule has 0 unspecified atom stereocenters. The maximum atomic E-state index is 12.4. The molecule has 1 fully saturated rings. The van der Waals surface area contributed by atoms with Gasteiger partial charge in [0, 0.05) is 13.1 Å². The molecule has 2 amide bonds. The van der Waals surface area contributed by atoms with E-state index >= 15 is 0 Å². The summed E-state index contributed by atoms with van der Waals surface area (Å²) in [5.41, 5.74) is 1.09. The molecule has 2 atom stereocenters. The molecule has 0 saturated carbocycles. The number of carbonyl (C=O) groups excluding carboxylic acids is 1. The summed E-state index contributed by atoms with van der Waals surface area (Å²) in [7, 11) is 1.64. The number of aromatic nitrogens is 3. The summed E-state index contributed by atoms with van der Waals surface area (Å²) in [6.07, 6.45) is 2.66. The van der Waals surface area contributed by atoms with Crippen LogP contribution in [-0.4, -0.2) is 45.9 Å². The number of nitrogens with one attached hydrogen (secondary N) is 1. The van der Waals surface area contributed by atoms with Gasteiger partial charge in [-0.15, -0.1) is 5.10 Å². The lowest BCUT2D eigenvalue weighted by Crippen LogP contribution is -2.44. The number of hydrogen-bond donors (Lipinski definition) is 1. The molecule has 0 spiro atoms. The van der Waals surface area contributed by atoms with Gasteiger partial charge in [0.15, 0.2) is 0 Å². The van der Waals surface area contributed by atoms with Gasteiger partial charge in [0.2, 0.25) is 5.95 Å². The molecule has 1 aromatic heterocycles. The molecule has 2 heterocycles. The van der Waals surface area contributed by atoms with E-state index < -0.39 is 0 Å². The Labute approximate surface area is 148 Å². The maximum absolute atomic E-state index is 12.4. The van der Waals surface area contributed by atoms with Crippen LogP contribution in [0.1, 0.15) is 25.8 Å². The van der Waals surface area contributed by atoms with Gasteiger partial charge in [-0.1, -0.05) is 26.0 Å². The molecule has 1 aliphatic rings. The number of rotatable bonds is 4. The number of amides is 2. The number of piperidine rings is 1. The molecule has 134 valence electrons. The fraction of sp³-hybridized carbons (Fsp3) is 0.500. The van der Waals surface area contributed by atoms with E-state index in [1.807, 2.05) is 29.2 Å². The van der Waals surface area contributed by atoms with Gasteiger partial charge >= 0.3 is 6.03 Å². The van der Waals surface area contributed by atoms with Crippen molar-refractivity contribution >= 4 is 12.0 Å². The number of hydrogen-bond acceptors (Lipinski definition) is 4. The number of likely N-dealkylation sites (tertiary alicyclic amines) is 1. The van der Waals surface area contributed by atoms with Crippen LogP contribution in [-0.2, 0) is 6.54 Å². The molecular formula is C18H25N5O2. The van der Waals surface area contributed by atoms with Crippen LogP contribution in [0.25, 0.3) is 0 Å². The van der Waals surface area contributed by atoms with Gasteiger partial charge in [0.25, 0.3) is 0 Å². The zero-order chi connectivity index (χ0) is 17.8. The summed E-state index contributed by atoms with van der Waals surface area (Å²) in [5.74, 6) is 2.33. The van der Waals surface area contributed by atoms with Crippen LogP contribution in [0.2, 0.25) is 0 Å². The van der Waals surface area contributed by atoms with Crippen LogP contribution >= 0.6 is 0 Å². The maximum Gasteiger partial charge on any atom is 0.324 e. The molecule has 1 aliphatic heterocycles. The first-order valence-corrected chi connectivity index (χ1v) is 8.63. The highest BCUT2D eigenvalue weighted by Crippen LogP contribution is 2.22. The largest absolute Gasteiger partial charge is 0.497 e. The number of ether oxygens (including phenoxy) is 1. The van der Waals surface area contributed by atoms with E-state index in [9.17, 15) is 4.79 Å². The monoisotopic (exact) mass is 343 g/mol. The first kappa shape index (κ1) is 17.3. The topological polar surface area (TPSA) is 72.3 Å². The number of methoxy groups -OCH3 is 1. The highest BCUT2D eigenvalue weighted by Gasteiger charge is 2.26. The Morgan fingerprint density at radius 1 is 1.28 bits per heavy atom. The quantitative estimate of drug-likeness (QED) is 0.926. The third-order valence-corrected chi connectivity index (χ3v) is 4.88. The highest BCUT2D eigenvalue weighted by atomic mass is 16.5. The van der Waals surface area contributed by atoms with E-state index in [1.54, 1.807) is 18.1 Å². The summed E-state index contributed by atoms with van der Waals surface area (Å²) >= 11 is 0. The van der Waals surface area contributed by atoms with E-state index in [4.69, 9.17) is 4.74 Å². The third-order valence-electron chi connectivity index (χ3n) is 4.88. The van der Waals surface area contributed by atoms with E-state index in [1.165, 1.54) is 0 Å². The molecule has 0 bridgehead atoms. The van der Waals surface area contributed by atoms with Crippen molar-refractivity contribution in [3.05, 3.63) is 36.2 Å². The van der Waals surface area contributed by atoms with Gasteiger partial charge in [0.05, 0.1) is 13.7 Å². The van der Waals surface area contributed by atoms with Crippen molar-refractivity contribution in [1.29, 1.82) is 0 Å². The predicted molar refractivity (Wildman–Crippen MR) is 95.7 cm³/mol. The van der Waals surface area contributed by atoms with Crippen LogP contribution in [0.15, 0.2) is 30.6 Å². The Hall–Kier alpha value is -2.57. The van der Waals surface area contributed by atoms with Crippen LogP contribution < -0.4 is 10.1 Å². The van der Waals surface area contributed by atoms with Crippen molar-refractivity contribution in [3.8, 4) is 5.75 Å². The molecule has 3 rings (SSSR count). The van der Waals surface area contributed by atoms with Gasteiger partial charge in [-0.05, 0) is 36.0 Å². The molecule has 7 heteroatoms. The van der Waals surface area contributed by atoms with Crippen LogP contribution in [0.3, 0.4) is 0 Å². The molecule has 1 aromatic carbocycles. The van der Waals surface area contributed by atoms with Crippen LogP contribution in [0.4, 0.5) is 10.7 Å². The Morgan fingerprint density at radius 3 is 2.72 bits per heavy atom. The first-order valence-electron chi connectivity index (χ1n) is 8.63. The molecule has 0 radical (unpaired) electrons. The first-order chi connectivity index (χ1) is 12.0. The van der Waals surface area contributed by atoms with Crippen LogP contribution in [0.5, 0.6) is 5.75 Å². The summed E-state index contributed by atoms with van der Waals surface area (Å²) in [4.78, 5) is 18.4. The zero-order valence-corrected chi connectivity index (χ0v) is 15.0. The minimum Gasteiger partial charge on any atom is -0.497 e. The lowest BCUT2D eigenvalue weighted by Gasteiger charge is -2.34. The van der Waals surface area contributed by atoms with Gasteiger partial charge < -0.3 is 9.64 Å². The van der Waals surface area contributed by atoms with Crippen molar-refractivity contribution < 1.29 is 9.53 Å². The van der Waals surface area contributed by atoms with Crippen molar-refractivity contribution in [1.82, 2.24) is 19.7 Å². The van der Waals surface area contributed by atoms with Crippen molar-refractivity contribution in [2.24, 2.45) is 11.8 Å². The Morgan fingerprint density at radius 2 is 2.04 bits per heavy atom. The van der Waals surface area contributed by atoms with Crippen molar-refractivity contribution in [3.63, 3.8) is 0 Å². The van der Waals surface area contributed by atoms with Crippen molar-refractivity contribution in [2.75, 3.05) is 25.5 Å². The second-order valence-corrected chi connectivity index (χ2v) is 6.73. The SMILES string of the molecule is COc1ccc(Cn2cnc(NC(=O)N3CC[C@H](C)[C@H](C)C3)n2)cc1. The fourth-order valence-corrected chi connectivity index (χ4v) is 2.97. The Balaban J connectivity index is 1.56. The number of carbonyl (C=O) groups is 1. The smallest absolute Gasteiger partial charge is 0.324 e. The van der Waals surface area contributed by atoms with E-state index in [0.29, 0.717) is 24.3 Å². The second kappa shape index (κ2) is 7.55. The van der Waals surface area contributed by atoms with Gasteiger partial charge in [-0.3, -0.25) is 5.32 Å².